The summed E-state index contributed by atoms with van der Waals surface area (Å²) >= 11 is 3.30. The standard InChI is InChI=1S/C9H9BrN2O2/c1-5-9(13)12(2)7-3-6(10)4-11-8(7)14-5/h3-5H,1-2H3. The van der Waals surface area contributed by atoms with Gasteiger partial charge in [-0.05, 0) is 28.9 Å². The maximum atomic E-state index is 11.6. The minimum atomic E-state index is -0.457. The topological polar surface area (TPSA) is 42.4 Å². The lowest BCUT2D eigenvalue weighted by atomic mass is 10.2. The Morgan fingerprint density at radius 1 is 1.64 bits per heavy atom. The fourth-order valence-electron chi connectivity index (χ4n) is 1.36. The molecule has 0 radical (unpaired) electrons. The molecule has 0 saturated heterocycles. The summed E-state index contributed by atoms with van der Waals surface area (Å²) in [7, 11) is 1.72. The van der Waals surface area contributed by atoms with Crippen molar-refractivity contribution in [1.82, 2.24) is 4.98 Å². The predicted molar refractivity (Wildman–Crippen MR) is 55.4 cm³/mol. The highest BCUT2D eigenvalue weighted by atomic mass is 79.9. The van der Waals surface area contributed by atoms with E-state index in [0.29, 0.717) is 11.6 Å². The summed E-state index contributed by atoms with van der Waals surface area (Å²) in [6.45, 7) is 1.71. The molecule has 1 aromatic heterocycles. The highest BCUT2D eigenvalue weighted by molar-refractivity contribution is 9.10. The van der Waals surface area contributed by atoms with Crippen LogP contribution in [0.3, 0.4) is 0 Å². The number of fused-ring (bicyclic) bond motifs is 1. The van der Waals surface area contributed by atoms with Crippen molar-refractivity contribution in [2.75, 3.05) is 11.9 Å². The number of amides is 1. The van der Waals surface area contributed by atoms with E-state index < -0.39 is 6.10 Å². The first-order chi connectivity index (χ1) is 6.59. The first kappa shape index (κ1) is 9.45. The Hall–Kier alpha value is -1.10. The van der Waals surface area contributed by atoms with Gasteiger partial charge in [0.15, 0.2) is 6.10 Å². The van der Waals surface area contributed by atoms with Gasteiger partial charge in [-0.25, -0.2) is 4.98 Å². The second-order valence-electron chi connectivity index (χ2n) is 3.14. The molecule has 1 aromatic rings. The Balaban J connectivity index is 2.51. The molecule has 0 N–H and O–H groups in total. The largest absolute Gasteiger partial charge is 0.463 e. The van der Waals surface area contributed by atoms with Gasteiger partial charge in [0.25, 0.3) is 5.91 Å². The first-order valence-electron chi connectivity index (χ1n) is 4.19. The summed E-state index contributed by atoms with van der Waals surface area (Å²) < 4.78 is 6.17. The average Bonchev–Trinajstić information content (AvgIpc) is 2.16. The van der Waals surface area contributed by atoms with Crippen LogP contribution < -0.4 is 9.64 Å². The van der Waals surface area contributed by atoms with Crippen LogP contribution in [-0.4, -0.2) is 24.0 Å². The number of halogens is 1. The molecule has 0 spiro atoms. The molecule has 0 saturated carbocycles. The van der Waals surface area contributed by atoms with E-state index in [-0.39, 0.29) is 5.91 Å². The lowest BCUT2D eigenvalue weighted by molar-refractivity contribution is -0.125. The number of carbonyl (C=O) groups is 1. The Labute approximate surface area is 90.0 Å². The number of pyridine rings is 1. The molecule has 4 nitrogen and oxygen atoms in total. The van der Waals surface area contributed by atoms with E-state index in [4.69, 9.17) is 4.74 Å². The van der Waals surface area contributed by atoms with Gasteiger partial charge in [-0.15, -0.1) is 0 Å². The number of anilines is 1. The molecule has 0 aliphatic carbocycles. The molecule has 1 amide bonds. The van der Waals surface area contributed by atoms with Gasteiger partial charge in [-0.2, -0.15) is 0 Å². The number of rotatable bonds is 0. The minimum absolute atomic E-state index is 0.0580. The molecule has 14 heavy (non-hydrogen) atoms. The van der Waals surface area contributed by atoms with Crippen LogP contribution in [0, 0.1) is 0 Å². The molecule has 1 atom stereocenters. The molecule has 1 aliphatic rings. The molecular formula is C9H9BrN2O2. The number of aromatic nitrogens is 1. The van der Waals surface area contributed by atoms with Crippen molar-refractivity contribution < 1.29 is 9.53 Å². The predicted octanol–water partition coefficient (Wildman–Crippen LogP) is 1.59. The van der Waals surface area contributed by atoms with Crippen molar-refractivity contribution in [3.63, 3.8) is 0 Å². The fourth-order valence-corrected chi connectivity index (χ4v) is 1.68. The zero-order chi connectivity index (χ0) is 10.3. The van der Waals surface area contributed by atoms with Crippen LogP contribution in [0.5, 0.6) is 5.88 Å². The van der Waals surface area contributed by atoms with Gasteiger partial charge in [-0.1, -0.05) is 0 Å². The molecular weight excluding hydrogens is 248 g/mol. The molecule has 1 aliphatic heterocycles. The molecule has 2 rings (SSSR count). The molecule has 0 fully saturated rings. The molecule has 0 aromatic carbocycles. The third-order valence-corrected chi connectivity index (χ3v) is 2.56. The van der Waals surface area contributed by atoms with E-state index >= 15 is 0 Å². The lowest BCUT2D eigenvalue weighted by Gasteiger charge is -2.29. The van der Waals surface area contributed by atoms with Gasteiger partial charge in [0, 0.05) is 17.7 Å². The van der Waals surface area contributed by atoms with Crippen LogP contribution in [0.2, 0.25) is 0 Å². The van der Waals surface area contributed by atoms with Crippen molar-refractivity contribution in [3.8, 4) is 5.88 Å². The van der Waals surface area contributed by atoms with Crippen LogP contribution in [0.25, 0.3) is 0 Å². The third kappa shape index (κ3) is 1.37. The fraction of sp³-hybridized carbons (Fsp3) is 0.333. The summed E-state index contributed by atoms with van der Waals surface area (Å²) in [6, 6.07) is 1.81. The van der Waals surface area contributed by atoms with E-state index in [1.807, 2.05) is 6.07 Å². The third-order valence-electron chi connectivity index (χ3n) is 2.13. The lowest BCUT2D eigenvalue weighted by Crippen LogP contribution is -2.42. The summed E-state index contributed by atoms with van der Waals surface area (Å²) in [5.74, 6) is 0.445. The maximum Gasteiger partial charge on any atom is 0.267 e. The number of carbonyl (C=O) groups excluding carboxylic acids is 1. The van der Waals surface area contributed by atoms with Gasteiger partial charge in [-0.3, -0.25) is 4.79 Å². The van der Waals surface area contributed by atoms with Gasteiger partial charge < -0.3 is 9.64 Å². The van der Waals surface area contributed by atoms with Gasteiger partial charge in [0.1, 0.15) is 5.69 Å². The van der Waals surface area contributed by atoms with Crippen LogP contribution >= 0.6 is 15.9 Å². The van der Waals surface area contributed by atoms with E-state index in [1.54, 1.807) is 25.1 Å². The second-order valence-corrected chi connectivity index (χ2v) is 4.05. The van der Waals surface area contributed by atoms with Gasteiger partial charge >= 0.3 is 0 Å². The van der Waals surface area contributed by atoms with E-state index in [1.165, 1.54) is 0 Å². The van der Waals surface area contributed by atoms with Gasteiger partial charge in [0.2, 0.25) is 5.88 Å². The van der Waals surface area contributed by atoms with Crippen LogP contribution in [0.4, 0.5) is 5.69 Å². The monoisotopic (exact) mass is 256 g/mol. The smallest absolute Gasteiger partial charge is 0.267 e. The normalized spacial score (nSPS) is 20.4. The number of nitrogens with zero attached hydrogens (tertiary/aromatic N) is 2. The number of ether oxygens (including phenoxy) is 1. The number of hydrogen-bond acceptors (Lipinski definition) is 3. The Morgan fingerprint density at radius 2 is 2.36 bits per heavy atom. The molecule has 74 valence electrons. The minimum Gasteiger partial charge on any atom is -0.463 e. The summed E-state index contributed by atoms with van der Waals surface area (Å²) in [6.07, 6.45) is 1.19. The van der Waals surface area contributed by atoms with Crippen molar-refractivity contribution in [1.29, 1.82) is 0 Å². The second kappa shape index (κ2) is 3.24. The van der Waals surface area contributed by atoms with E-state index in [9.17, 15) is 4.79 Å². The van der Waals surface area contributed by atoms with Crippen LogP contribution in [-0.2, 0) is 4.79 Å². The van der Waals surface area contributed by atoms with E-state index in [0.717, 1.165) is 4.47 Å². The Kier molecular flexibility index (Phi) is 2.19. The summed E-state index contributed by atoms with van der Waals surface area (Å²) in [5.41, 5.74) is 0.697. The van der Waals surface area contributed by atoms with Crippen LogP contribution in [0.15, 0.2) is 16.7 Å². The van der Waals surface area contributed by atoms with Crippen molar-refractivity contribution in [2.24, 2.45) is 0 Å². The maximum absolute atomic E-state index is 11.6. The highest BCUT2D eigenvalue weighted by Crippen LogP contribution is 2.32. The molecule has 0 bridgehead atoms. The number of hydrogen-bond donors (Lipinski definition) is 0. The summed E-state index contributed by atoms with van der Waals surface area (Å²) in [4.78, 5) is 17.2. The summed E-state index contributed by atoms with van der Waals surface area (Å²) in [5, 5.41) is 0. The van der Waals surface area contributed by atoms with Gasteiger partial charge in [0.05, 0.1) is 0 Å². The van der Waals surface area contributed by atoms with Crippen molar-refractivity contribution in [3.05, 3.63) is 16.7 Å². The van der Waals surface area contributed by atoms with E-state index in [2.05, 4.69) is 20.9 Å². The Morgan fingerprint density at radius 3 is 3.07 bits per heavy atom. The highest BCUT2D eigenvalue weighted by Gasteiger charge is 2.29. The zero-order valence-corrected chi connectivity index (χ0v) is 9.41. The molecule has 2 heterocycles. The Bertz CT molecular complexity index is 394. The first-order valence-corrected chi connectivity index (χ1v) is 4.98. The SMILES string of the molecule is CC1Oc2ncc(Br)cc2N(C)C1=O. The average molecular weight is 257 g/mol. The van der Waals surface area contributed by atoms with Crippen molar-refractivity contribution >= 4 is 27.5 Å². The zero-order valence-electron chi connectivity index (χ0n) is 7.82. The van der Waals surface area contributed by atoms with Crippen molar-refractivity contribution in [2.45, 2.75) is 13.0 Å². The molecule has 5 heteroatoms. The van der Waals surface area contributed by atoms with Crippen LogP contribution in [0.1, 0.15) is 6.92 Å². The quantitative estimate of drug-likeness (QED) is 0.708. The molecule has 1 unspecified atom stereocenters. The number of likely N-dealkylation sites (N-methyl/N-ethyl adjacent to an activating group) is 1.